The van der Waals surface area contributed by atoms with Crippen LogP contribution in [0.1, 0.15) is 19.4 Å². The fraction of sp³-hybridized carbons (Fsp3) is 0.273. The van der Waals surface area contributed by atoms with Crippen LogP contribution in [0.25, 0.3) is 5.69 Å². The van der Waals surface area contributed by atoms with E-state index in [0.29, 0.717) is 0 Å². The van der Waals surface area contributed by atoms with Crippen LogP contribution in [-0.2, 0) is 0 Å². The molecule has 0 unspecified atom stereocenters. The van der Waals surface area contributed by atoms with Crippen molar-refractivity contribution in [3.63, 3.8) is 0 Å². The molecule has 0 aliphatic carbocycles. The third kappa shape index (κ3) is 2.42. The minimum atomic E-state index is 1.10. The first-order chi connectivity index (χ1) is 6.86. The SMILES string of the molecule is CC.Cc1cccc(-[n+]2ccn[nH]2)c1. The van der Waals surface area contributed by atoms with Gasteiger partial charge in [-0.3, -0.25) is 0 Å². The van der Waals surface area contributed by atoms with Crippen molar-refractivity contribution in [2.75, 3.05) is 0 Å². The summed E-state index contributed by atoms with van der Waals surface area (Å²) in [5, 5.41) is 6.71. The van der Waals surface area contributed by atoms with Gasteiger partial charge in [-0.1, -0.05) is 31.2 Å². The fourth-order valence-corrected chi connectivity index (χ4v) is 1.15. The number of benzene rings is 1. The second-order valence-corrected chi connectivity index (χ2v) is 2.74. The van der Waals surface area contributed by atoms with Crippen LogP contribution in [0.4, 0.5) is 0 Å². The topological polar surface area (TPSA) is 32.6 Å². The van der Waals surface area contributed by atoms with Crippen LogP contribution in [0.3, 0.4) is 0 Å². The average molecular weight is 190 g/mol. The number of rotatable bonds is 1. The van der Waals surface area contributed by atoms with Crippen molar-refractivity contribution in [2.45, 2.75) is 20.8 Å². The van der Waals surface area contributed by atoms with Crippen molar-refractivity contribution in [1.29, 1.82) is 0 Å². The molecule has 0 saturated carbocycles. The first-order valence-corrected chi connectivity index (χ1v) is 4.84. The number of hydrogen-bond donors (Lipinski definition) is 1. The van der Waals surface area contributed by atoms with E-state index in [2.05, 4.69) is 29.4 Å². The van der Waals surface area contributed by atoms with E-state index in [1.54, 1.807) is 6.20 Å². The lowest BCUT2D eigenvalue weighted by Gasteiger charge is -1.94. The lowest BCUT2D eigenvalue weighted by atomic mass is 10.2. The van der Waals surface area contributed by atoms with Crippen LogP contribution in [-0.4, -0.2) is 10.3 Å². The van der Waals surface area contributed by atoms with Crippen molar-refractivity contribution in [2.24, 2.45) is 0 Å². The first-order valence-electron chi connectivity index (χ1n) is 4.84. The molecule has 1 heterocycles. The lowest BCUT2D eigenvalue weighted by molar-refractivity contribution is -0.659. The molecule has 0 aliphatic rings. The maximum absolute atomic E-state index is 3.87. The number of nitrogens with one attached hydrogen (secondary N) is 1. The summed E-state index contributed by atoms with van der Waals surface area (Å²) < 4.78 is 1.87. The van der Waals surface area contributed by atoms with Gasteiger partial charge in [0.25, 0.3) is 0 Å². The maximum atomic E-state index is 3.87. The molecule has 0 amide bonds. The number of aryl methyl sites for hydroxylation is 1. The van der Waals surface area contributed by atoms with Gasteiger partial charge in [0.05, 0.1) is 0 Å². The van der Waals surface area contributed by atoms with Gasteiger partial charge < -0.3 is 0 Å². The summed E-state index contributed by atoms with van der Waals surface area (Å²) in [5.41, 5.74) is 2.35. The predicted molar refractivity (Wildman–Crippen MR) is 56.2 cm³/mol. The van der Waals surface area contributed by atoms with Crippen molar-refractivity contribution in [3.8, 4) is 5.69 Å². The number of aromatic nitrogens is 3. The Bertz CT molecular complexity index is 366. The molecular weight excluding hydrogens is 174 g/mol. The molecule has 14 heavy (non-hydrogen) atoms. The minimum Gasteiger partial charge on any atom is -0.128 e. The molecule has 1 aromatic carbocycles. The van der Waals surface area contributed by atoms with E-state index >= 15 is 0 Å². The van der Waals surface area contributed by atoms with Crippen LogP contribution in [0.5, 0.6) is 0 Å². The highest BCUT2D eigenvalue weighted by atomic mass is 15.4. The van der Waals surface area contributed by atoms with Gasteiger partial charge in [-0.15, -0.1) is 4.68 Å². The van der Waals surface area contributed by atoms with Crippen LogP contribution in [0.2, 0.25) is 0 Å². The van der Waals surface area contributed by atoms with E-state index in [9.17, 15) is 0 Å². The molecular formula is C11H16N3+. The van der Waals surface area contributed by atoms with Crippen LogP contribution in [0.15, 0.2) is 36.7 Å². The smallest absolute Gasteiger partial charge is 0.128 e. The standard InChI is InChI=1S/C9H9N3.C2H6/c1-8-3-2-4-9(7-8)12-6-5-10-11-12;1-2/h2-7H,1H3;1-2H3/p+1. The van der Waals surface area contributed by atoms with Gasteiger partial charge in [0.1, 0.15) is 0 Å². The number of hydrogen-bond acceptors (Lipinski definition) is 1. The average Bonchev–Trinajstić information content (AvgIpc) is 2.74. The van der Waals surface area contributed by atoms with Gasteiger partial charge in [0.15, 0.2) is 11.9 Å². The summed E-state index contributed by atoms with van der Waals surface area (Å²) in [6, 6.07) is 8.22. The second-order valence-electron chi connectivity index (χ2n) is 2.74. The number of aromatic amines is 1. The highest BCUT2D eigenvalue weighted by Crippen LogP contribution is 2.01. The van der Waals surface area contributed by atoms with Crippen molar-refractivity contribution in [3.05, 3.63) is 42.2 Å². The molecule has 2 aromatic rings. The first kappa shape index (κ1) is 10.4. The number of H-pyrrole nitrogens is 1. The fourth-order valence-electron chi connectivity index (χ4n) is 1.15. The summed E-state index contributed by atoms with van der Waals surface area (Å²) in [6.07, 6.45) is 3.61. The summed E-state index contributed by atoms with van der Waals surface area (Å²) in [4.78, 5) is 0. The van der Waals surface area contributed by atoms with Crippen molar-refractivity contribution >= 4 is 0 Å². The van der Waals surface area contributed by atoms with E-state index in [-0.39, 0.29) is 0 Å². The summed E-state index contributed by atoms with van der Waals surface area (Å²) in [7, 11) is 0. The zero-order chi connectivity index (χ0) is 10.4. The molecule has 0 radical (unpaired) electrons. The van der Waals surface area contributed by atoms with Gasteiger partial charge in [-0.2, -0.15) is 0 Å². The molecule has 0 spiro atoms. The summed E-state index contributed by atoms with van der Waals surface area (Å²) in [5.74, 6) is 0. The lowest BCUT2D eigenvalue weighted by Crippen LogP contribution is -2.31. The van der Waals surface area contributed by atoms with E-state index in [4.69, 9.17) is 0 Å². The summed E-state index contributed by atoms with van der Waals surface area (Å²) in [6.45, 7) is 6.07. The molecule has 3 nitrogen and oxygen atoms in total. The quantitative estimate of drug-likeness (QED) is 0.686. The van der Waals surface area contributed by atoms with Crippen LogP contribution in [0, 0.1) is 6.92 Å². The minimum absolute atomic E-state index is 1.10. The molecule has 3 heteroatoms. The maximum Gasteiger partial charge on any atom is 0.206 e. The Balaban J connectivity index is 0.000000461. The van der Waals surface area contributed by atoms with Crippen LogP contribution < -0.4 is 4.68 Å². The predicted octanol–water partition coefficient (Wildman–Crippen LogP) is 2.02. The molecule has 1 aromatic heterocycles. The van der Waals surface area contributed by atoms with Crippen LogP contribution >= 0.6 is 0 Å². The Hall–Kier alpha value is -1.64. The summed E-state index contributed by atoms with van der Waals surface area (Å²) >= 11 is 0. The molecule has 0 aliphatic heterocycles. The van der Waals surface area contributed by atoms with Gasteiger partial charge >= 0.3 is 0 Å². The largest absolute Gasteiger partial charge is 0.206 e. The monoisotopic (exact) mass is 190 g/mol. The molecule has 2 rings (SSSR count). The zero-order valence-electron chi connectivity index (χ0n) is 8.86. The Labute approximate surface area is 84.4 Å². The van der Waals surface area contributed by atoms with E-state index in [1.807, 2.05) is 36.9 Å². The van der Waals surface area contributed by atoms with Crippen molar-refractivity contribution in [1.82, 2.24) is 10.3 Å². The van der Waals surface area contributed by atoms with Gasteiger partial charge in [-0.05, 0) is 24.6 Å². The highest BCUT2D eigenvalue weighted by molar-refractivity contribution is 5.27. The molecule has 1 N–H and O–H groups in total. The zero-order valence-corrected chi connectivity index (χ0v) is 8.86. The third-order valence-corrected chi connectivity index (χ3v) is 1.74. The molecule has 74 valence electrons. The van der Waals surface area contributed by atoms with Gasteiger partial charge in [0.2, 0.25) is 6.20 Å². The van der Waals surface area contributed by atoms with E-state index in [1.165, 1.54) is 5.56 Å². The second kappa shape index (κ2) is 5.17. The molecule has 0 bridgehead atoms. The molecule has 0 saturated heterocycles. The number of nitrogens with zero attached hydrogens (tertiary/aromatic N) is 2. The van der Waals surface area contributed by atoms with Crippen molar-refractivity contribution < 1.29 is 4.68 Å². The Morgan fingerprint density at radius 2 is 2.07 bits per heavy atom. The third-order valence-electron chi connectivity index (χ3n) is 1.74. The van der Waals surface area contributed by atoms with Gasteiger partial charge in [-0.25, -0.2) is 0 Å². The molecule has 0 atom stereocenters. The molecule has 0 fully saturated rings. The highest BCUT2D eigenvalue weighted by Gasteiger charge is 2.01. The van der Waals surface area contributed by atoms with Gasteiger partial charge in [0, 0.05) is 5.10 Å². The van der Waals surface area contributed by atoms with E-state index < -0.39 is 0 Å². The Morgan fingerprint density at radius 1 is 1.29 bits per heavy atom. The van der Waals surface area contributed by atoms with E-state index in [0.717, 1.165) is 5.69 Å². The normalized spacial score (nSPS) is 9.07. The Kier molecular flexibility index (Phi) is 3.85. The Morgan fingerprint density at radius 3 is 2.64 bits per heavy atom.